The molecular formula is C24H24FN3O3S. The fourth-order valence-electron chi connectivity index (χ4n) is 5.00. The Labute approximate surface area is 189 Å². The van der Waals surface area contributed by atoms with Crippen molar-refractivity contribution in [3.05, 3.63) is 53.3 Å². The fourth-order valence-corrected chi connectivity index (χ4v) is 5.78. The van der Waals surface area contributed by atoms with Gasteiger partial charge in [0.15, 0.2) is 11.6 Å². The van der Waals surface area contributed by atoms with Gasteiger partial charge in [0.25, 0.3) is 0 Å². The molecule has 0 amide bonds. The normalized spacial score (nSPS) is 20.2. The number of β-amino-alcohol motifs (C(OH)–C–C–N with tert-alkyl or cyclic N) is 1. The Balaban J connectivity index is 1.34. The van der Waals surface area contributed by atoms with Crippen LogP contribution in [0.2, 0.25) is 0 Å². The lowest BCUT2D eigenvalue weighted by molar-refractivity contribution is 0.198. The average molecular weight is 454 g/mol. The molecule has 1 unspecified atom stereocenters. The molecule has 1 aliphatic heterocycles. The number of benzene rings is 2. The molecule has 0 radical (unpaired) electrons. The van der Waals surface area contributed by atoms with Crippen molar-refractivity contribution in [2.75, 3.05) is 29.8 Å². The standard InChI is InChI=1S/C24H24FN3O3S/c1-30-20-4-2-3-19(25)22(20)32-27-23-17-12-24(8-9-24)18-6-5-14(28-10-7-15(29)13-28)11-16(18)21(17)31-26-23/h2-6,11,15,29H,7-10,12-13H2,1H3,(H,26,27). The van der Waals surface area contributed by atoms with Crippen LogP contribution in [0.25, 0.3) is 11.3 Å². The first kappa shape index (κ1) is 19.9. The molecule has 2 fully saturated rings. The van der Waals surface area contributed by atoms with Crippen LogP contribution in [0.4, 0.5) is 15.9 Å². The Hall–Kier alpha value is -2.71. The molecule has 3 aliphatic rings. The van der Waals surface area contributed by atoms with E-state index in [0.717, 1.165) is 66.8 Å². The zero-order chi connectivity index (χ0) is 21.9. The van der Waals surface area contributed by atoms with Gasteiger partial charge >= 0.3 is 0 Å². The lowest BCUT2D eigenvalue weighted by Crippen LogP contribution is -2.22. The highest BCUT2D eigenvalue weighted by molar-refractivity contribution is 8.00. The van der Waals surface area contributed by atoms with Crippen LogP contribution in [0, 0.1) is 5.82 Å². The minimum Gasteiger partial charge on any atom is -0.495 e. The van der Waals surface area contributed by atoms with Gasteiger partial charge in [-0.1, -0.05) is 17.3 Å². The molecule has 1 saturated heterocycles. The molecule has 6 rings (SSSR count). The number of nitrogens with zero attached hydrogens (tertiary/aromatic N) is 2. The van der Waals surface area contributed by atoms with Crippen molar-refractivity contribution in [2.24, 2.45) is 0 Å². The van der Waals surface area contributed by atoms with Crippen molar-refractivity contribution in [3.63, 3.8) is 0 Å². The third-order valence-corrected chi connectivity index (χ3v) is 7.80. The summed E-state index contributed by atoms with van der Waals surface area (Å²) in [5.41, 5.74) is 4.67. The van der Waals surface area contributed by atoms with Gasteiger partial charge in [-0.2, -0.15) is 0 Å². The van der Waals surface area contributed by atoms with Gasteiger partial charge in [0.1, 0.15) is 16.5 Å². The molecule has 0 bridgehead atoms. The third kappa shape index (κ3) is 3.16. The Morgan fingerprint density at radius 2 is 2.19 bits per heavy atom. The van der Waals surface area contributed by atoms with Crippen LogP contribution in [0.15, 0.2) is 45.8 Å². The zero-order valence-electron chi connectivity index (χ0n) is 17.7. The van der Waals surface area contributed by atoms with Crippen molar-refractivity contribution in [3.8, 4) is 17.1 Å². The van der Waals surface area contributed by atoms with Gasteiger partial charge in [-0.05, 0) is 67.5 Å². The Morgan fingerprint density at radius 3 is 2.94 bits per heavy atom. The molecule has 2 aromatic carbocycles. The van der Waals surface area contributed by atoms with Crippen molar-refractivity contribution in [1.82, 2.24) is 5.16 Å². The molecule has 1 saturated carbocycles. The summed E-state index contributed by atoms with van der Waals surface area (Å²) in [6.45, 7) is 1.50. The molecular weight excluding hydrogens is 429 g/mol. The Morgan fingerprint density at radius 1 is 1.31 bits per heavy atom. The SMILES string of the molecule is COc1cccc(F)c1SNc1noc2c1CC1(CC1)c1ccc(N3CCC(O)C3)cc1-2. The quantitative estimate of drug-likeness (QED) is 0.540. The first-order valence-corrected chi connectivity index (χ1v) is 11.7. The molecule has 32 heavy (non-hydrogen) atoms. The van der Waals surface area contributed by atoms with E-state index in [1.807, 2.05) is 0 Å². The maximum Gasteiger partial charge on any atom is 0.183 e. The number of ether oxygens (including phenoxy) is 1. The third-order valence-electron chi connectivity index (χ3n) is 6.91. The van der Waals surface area contributed by atoms with Crippen LogP contribution in [0.1, 0.15) is 30.4 Å². The Kier molecular flexibility index (Phi) is 4.62. The van der Waals surface area contributed by atoms with Crippen molar-refractivity contribution in [2.45, 2.75) is 42.1 Å². The van der Waals surface area contributed by atoms with E-state index < -0.39 is 0 Å². The minimum atomic E-state index is -0.347. The lowest BCUT2D eigenvalue weighted by Gasteiger charge is -2.27. The molecule has 2 N–H and O–H groups in total. The van der Waals surface area contributed by atoms with Crippen molar-refractivity contribution in [1.29, 1.82) is 0 Å². The van der Waals surface area contributed by atoms with E-state index in [2.05, 4.69) is 33.0 Å². The van der Waals surface area contributed by atoms with E-state index in [-0.39, 0.29) is 17.3 Å². The van der Waals surface area contributed by atoms with E-state index in [9.17, 15) is 9.50 Å². The van der Waals surface area contributed by atoms with E-state index in [1.165, 1.54) is 18.7 Å². The summed E-state index contributed by atoms with van der Waals surface area (Å²) in [5, 5.41) is 14.3. The highest BCUT2D eigenvalue weighted by Gasteiger charge is 2.50. The molecule has 2 aliphatic carbocycles. The van der Waals surface area contributed by atoms with Gasteiger partial charge in [-0.25, -0.2) is 4.39 Å². The highest BCUT2D eigenvalue weighted by Crippen LogP contribution is 2.59. The van der Waals surface area contributed by atoms with E-state index in [0.29, 0.717) is 23.0 Å². The van der Waals surface area contributed by atoms with Crippen LogP contribution in [0.3, 0.4) is 0 Å². The summed E-state index contributed by atoms with van der Waals surface area (Å²) >= 11 is 1.15. The Bertz CT molecular complexity index is 1190. The smallest absolute Gasteiger partial charge is 0.183 e. The van der Waals surface area contributed by atoms with Gasteiger partial charge in [0.2, 0.25) is 0 Å². The number of methoxy groups -OCH3 is 1. The van der Waals surface area contributed by atoms with Crippen LogP contribution in [0.5, 0.6) is 5.75 Å². The van der Waals surface area contributed by atoms with Crippen molar-refractivity contribution < 1.29 is 18.8 Å². The number of aliphatic hydroxyl groups is 1. The summed E-state index contributed by atoms with van der Waals surface area (Å²) in [6.07, 6.45) is 3.65. The molecule has 166 valence electrons. The predicted molar refractivity (Wildman–Crippen MR) is 122 cm³/mol. The molecule has 3 aromatic rings. The number of aliphatic hydroxyl groups excluding tert-OH is 1. The predicted octanol–water partition coefficient (Wildman–Crippen LogP) is 4.77. The van der Waals surface area contributed by atoms with E-state index >= 15 is 0 Å². The summed E-state index contributed by atoms with van der Waals surface area (Å²) in [6, 6.07) is 11.3. The van der Waals surface area contributed by atoms with Gasteiger partial charge in [-0.3, -0.25) is 0 Å². The first-order valence-electron chi connectivity index (χ1n) is 10.9. The maximum atomic E-state index is 14.3. The summed E-state index contributed by atoms with van der Waals surface area (Å²) < 4.78 is 28.7. The number of hydrogen-bond acceptors (Lipinski definition) is 7. The fraction of sp³-hybridized carbons (Fsp3) is 0.375. The molecule has 1 aromatic heterocycles. The molecule has 1 spiro atoms. The number of anilines is 2. The number of halogens is 1. The second kappa shape index (κ2) is 7.42. The summed E-state index contributed by atoms with van der Waals surface area (Å²) in [7, 11) is 1.53. The monoisotopic (exact) mass is 453 g/mol. The van der Waals surface area contributed by atoms with Gasteiger partial charge < -0.3 is 24.0 Å². The molecule has 1 atom stereocenters. The van der Waals surface area contributed by atoms with Crippen LogP contribution in [-0.2, 0) is 11.8 Å². The van der Waals surface area contributed by atoms with E-state index in [4.69, 9.17) is 9.26 Å². The van der Waals surface area contributed by atoms with Gasteiger partial charge in [0.05, 0.1) is 13.2 Å². The second-order valence-corrected chi connectivity index (χ2v) is 9.71. The van der Waals surface area contributed by atoms with Gasteiger partial charge in [0, 0.05) is 35.3 Å². The molecule has 8 heteroatoms. The molecule has 2 heterocycles. The minimum absolute atomic E-state index is 0.133. The van der Waals surface area contributed by atoms with Crippen LogP contribution < -0.4 is 14.4 Å². The zero-order valence-corrected chi connectivity index (χ0v) is 18.5. The number of hydrogen-bond donors (Lipinski definition) is 2. The summed E-state index contributed by atoms with van der Waals surface area (Å²) in [4.78, 5) is 2.60. The number of aromatic nitrogens is 1. The summed E-state index contributed by atoms with van der Waals surface area (Å²) in [5.74, 6) is 1.54. The highest BCUT2D eigenvalue weighted by atomic mass is 32.2. The largest absolute Gasteiger partial charge is 0.495 e. The average Bonchev–Trinajstić information content (AvgIpc) is 3.24. The van der Waals surface area contributed by atoms with Gasteiger partial charge in [-0.15, -0.1) is 0 Å². The number of rotatable bonds is 5. The van der Waals surface area contributed by atoms with Crippen LogP contribution >= 0.6 is 11.9 Å². The lowest BCUT2D eigenvalue weighted by atomic mass is 9.79. The number of fused-ring (bicyclic) bond motifs is 4. The topological polar surface area (TPSA) is 70.8 Å². The number of nitrogens with one attached hydrogen (secondary N) is 1. The molecule has 6 nitrogen and oxygen atoms in total. The first-order chi connectivity index (χ1) is 15.6. The van der Waals surface area contributed by atoms with Crippen LogP contribution in [-0.4, -0.2) is 36.6 Å². The second-order valence-electron chi connectivity index (χ2n) is 8.89. The van der Waals surface area contributed by atoms with E-state index in [1.54, 1.807) is 12.1 Å². The maximum absolute atomic E-state index is 14.3. The van der Waals surface area contributed by atoms with Crippen molar-refractivity contribution >= 4 is 23.5 Å².